The molecule has 14 heteroatoms. The number of anilines is 2. The molecule has 0 spiro atoms. The summed E-state index contributed by atoms with van der Waals surface area (Å²) >= 11 is 8.22. The molecule has 0 aliphatic rings. The molecule has 2 N–H and O–H groups in total. The molecular formula is C16H16N6O2S6. The minimum Gasteiger partial charge on any atom is -0.325 e. The summed E-state index contributed by atoms with van der Waals surface area (Å²) in [6.45, 7) is 0. The van der Waals surface area contributed by atoms with Crippen LogP contribution in [0.3, 0.4) is 0 Å². The van der Waals surface area contributed by atoms with Crippen LogP contribution in [0.25, 0.3) is 0 Å². The fourth-order valence-corrected chi connectivity index (χ4v) is 5.98. The Kier molecular flexibility index (Phi) is 9.27. The zero-order chi connectivity index (χ0) is 21.3. The number of aromatic nitrogens is 4. The zero-order valence-corrected chi connectivity index (χ0v) is 20.7. The summed E-state index contributed by atoms with van der Waals surface area (Å²) in [5.41, 5.74) is 1.32. The SMILES string of the molecule is CSc1nsc(SCC(=O)Nc2ccc(NC(=O)CSc3nc(SC)ns3)cc2)n1. The Labute approximate surface area is 198 Å². The van der Waals surface area contributed by atoms with Crippen LogP contribution in [0.4, 0.5) is 11.4 Å². The summed E-state index contributed by atoms with van der Waals surface area (Å²) in [5, 5.41) is 7.08. The quantitative estimate of drug-likeness (QED) is 0.379. The van der Waals surface area contributed by atoms with Crippen LogP contribution in [0.15, 0.2) is 43.3 Å². The van der Waals surface area contributed by atoms with E-state index in [1.165, 1.54) is 70.1 Å². The van der Waals surface area contributed by atoms with Crippen LogP contribution in [0.5, 0.6) is 0 Å². The lowest BCUT2D eigenvalue weighted by atomic mass is 10.3. The third-order valence-electron chi connectivity index (χ3n) is 3.25. The van der Waals surface area contributed by atoms with E-state index in [-0.39, 0.29) is 23.3 Å². The Morgan fingerprint density at radius 1 is 0.800 bits per heavy atom. The molecule has 3 rings (SSSR count). The van der Waals surface area contributed by atoms with Crippen molar-refractivity contribution in [3.05, 3.63) is 24.3 Å². The first-order chi connectivity index (χ1) is 14.6. The van der Waals surface area contributed by atoms with Crippen molar-refractivity contribution in [2.45, 2.75) is 19.0 Å². The number of nitrogens with one attached hydrogen (secondary N) is 2. The molecule has 0 unspecified atom stereocenters. The average Bonchev–Trinajstić information content (AvgIpc) is 3.41. The standard InChI is InChI=1S/C16H16N6O2S6/c1-25-13-19-15(29-21-13)27-7-11(23)17-9-3-5-10(6-4-9)18-12(24)8-28-16-20-14(26-2)22-30-16/h3-6H,7-8H2,1-2H3,(H,17,23)(H,18,24). The van der Waals surface area contributed by atoms with Gasteiger partial charge in [-0.3, -0.25) is 9.59 Å². The minimum absolute atomic E-state index is 0.129. The summed E-state index contributed by atoms with van der Waals surface area (Å²) in [6.07, 6.45) is 3.82. The van der Waals surface area contributed by atoms with Gasteiger partial charge in [-0.2, -0.15) is 8.75 Å². The van der Waals surface area contributed by atoms with Crippen LogP contribution in [-0.2, 0) is 9.59 Å². The normalized spacial score (nSPS) is 10.7. The molecule has 0 saturated heterocycles. The molecule has 1 aromatic carbocycles. The summed E-state index contributed by atoms with van der Waals surface area (Å²) in [5.74, 6) is 0.247. The molecule has 8 nitrogen and oxygen atoms in total. The van der Waals surface area contributed by atoms with Crippen molar-refractivity contribution in [3.63, 3.8) is 0 Å². The Morgan fingerprint density at radius 2 is 1.20 bits per heavy atom. The van der Waals surface area contributed by atoms with Gasteiger partial charge < -0.3 is 10.6 Å². The predicted molar refractivity (Wildman–Crippen MR) is 129 cm³/mol. The van der Waals surface area contributed by atoms with Crippen LogP contribution in [0, 0.1) is 0 Å². The fourth-order valence-electron chi connectivity index (χ4n) is 1.96. The summed E-state index contributed by atoms with van der Waals surface area (Å²) in [7, 11) is 0. The van der Waals surface area contributed by atoms with Gasteiger partial charge in [0.2, 0.25) is 22.1 Å². The van der Waals surface area contributed by atoms with Crippen molar-refractivity contribution in [1.29, 1.82) is 0 Å². The van der Waals surface area contributed by atoms with E-state index in [1.807, 2.05) is 12.5 Å². The second-order valence-electron chi connectivity index (χ2n) is 5.35. The largest absolute Gasteiger partial charge is 0.325 e. The molecule has 2 heterocycles. The van der Waals surface area contributed by atoms with Crippen molar-refractivity contribution < 1.29 is 9.59 Å². The van der Waals surface area contributed by atoms with E-state index in [0.29, 0.717) is 21.7 Å². The monoisotopic (exact) mass is 516 g/mol. The van der Waals surface area contributed by atoms with E-state index in [0.717, 1.165) is 8.68 Å². The highest BCUT2D eigenvalue weighted by Gasteiger charge is 2.10. The summed E-state index contributed by atoms with van der Waals surface area (Å²) in [4.78, 5) is 32.8. The van der Waals surface area contributed by atoms with Crippen molar-refractivity contribution >= 4 is 93.3 Å². The van der Waals surface area contributed by atoms with Gasteiger partial charge in [-0.1, -0.05) is 47.0 Å². The molecule has 0 fully saturated rings. The van der Waals surface area contributed by atoms with Gasteiger partial charge >= 0.3 is 0 Å². The molecule has 0 aliphatic carbocycles. The van der Waals surface area contributed by atoms with E-state index in [4.69, 9.17) is 0 Å². The number of nitrogens with zero attached hydrogens (tertiary/aromatic N) is 4. The van der Waals surface area contributed by atoms with E-state index in [9.17, 15) is 9.59 Å². The molecule has 158 valence electrons. The summed E-state index contributed by atoms with van der Waals surface area (Å²) in [6, 6.07) is 6.99. The van der Waals surface area contributed by atoms with Gasteiger partial charge in [0.05, 0.1) is 11.5 Å². The lowest BCUT2D eigenvalue weighted by molar-refractivity contribution is -0.114. The smallest absolute Gasteiger partial charge is 0.234 e. The van der Waals surface area contributed by atoms with Crippen molar-refractivity contribution in [1.82, 2.24) is 18.7 Å². The number of amides is 2. The third kappa shape index (κ3) is 7.42. The Hall–Kier alpha value is -1.32. The number of carbonyl (C=O) groups is 2. The highest BCUT2D eigenvalue weighted by atomic mass is 32.2. The predicted octanol–water partition coefficient (Wildman–Crippen LogP) is 4.30. The molecule has 0 radical (unpaired) electrons. The lowest BCUT2D eigenvalue weighted by Gasteiger charge is -2.07. The molecule has 2 amide bonds. The summed E-state index contributed by atoms with van der Waals surface area (Å²) < 4.78 is 9.86. The topological polar surface area (TPSA) is 110 Å². The van der Waals surface area contributed by atoms with Crippen LogP contribution < -0.4 is 10.6 Å². The van der Waals surface area contributed by atoms with E-state index < -0.39 is 0 Å². The Bertz CT molecular complexity index is 913. The minimum atomic E-state index is -0.129. The van der Waals surface area contributed by atoms with E-state index >= 15 is 0 Å². The number of rotatable bonds is 10. The number of hydrogen-bond donors (Lipinski definition) is 2. The first-order valence-electron chi connectivity index (χ1n) is 8.26. The highest BCUT2D eigenvalue weighted by Crippen LogP contribution is 2.25. The number of carbonyl (C=O) groups excluding carboxylic acids is 2. The molecule has 0 atom stereocenters. The van der Waals surface area contributed by atoms with Crippen LogP contribution in [0.1, 0.15) is 0 Å². The van der Waals surface area contributed by atoms with Crippen LogP contribution in [0.2, 0.25) is 0 Å². The van der Waals surface area contributed by atoms with E-state index in [2.05, 4.69) is 29.3 Å². The van der Waals surface area contributed by atoms with E-state index in [1.54, 1.807) is 24.3 Å². The van der Waals surface area contributed by atoms with Gasteiger partial charge in [-0.05, 0) is 59.8 Å². The molecule has 3 aromatic rings. The van der Waals surface area contributed by atoms with Gasteiger partial charge in [-0.15, -0.1) is 0 Å². The molecule has 0 bridgehead atoms. The van der Waals surface area contributed by atoms with Gasteiger partial charge in [0.25, 0.3) is 0 Å². The Balaban J connectivity index is 1.41. The maximum Gasteiger partial charge on any atom is 0.234 e. The second-order valence-corrected chi connectivity index (χ2v) is 10.8. The van der Waals surface area contributed by atoms with Crippen LogP contribution in [-0.4, -0.2) is 54.5 Å². The van der Waals surface area contributed by atoms with Gasteiger partial charge in [0.1, 0.15) is 0 Å². The maximum absolute atomic E-state index is 12.1. The van der Waals surface area contributed by atoms with Gasteiger partial charge in [-0.25, -0.2) is 9.97 Å². The molecule has 0 aliphatic heterocycles. The zero-order valence-electron chi connectivity index (χ0n) is 15.8. The first kappa shape index (κ1) is 23.3. The lowest BCUT2D eigenvalue weighted by Crippen LogP contribution is -2.15. The average molecular weight is 517 g/mol. The first-order valence-corrected chi connectivity index (χ1v) is 14.2. The third-order valence-corrected chi connectivity index (χ3v) is 8.24. The second kappa shape index (κ2) is 11.9. The van der Waals surface area contributed by atoms with Crippen LogP contribution >= 0.6 is 70.1 Å². The van der Waals surface area contributed by atoms with Gasteiger partial charge in [0.15, 0.2) is 8.68 Å². The van der Waals surface area contributed by atoms with Crippen molar-refractivity contribution in [2.75, 3.05) is 34.7 Å². The molecule has 2 aromatic heterocycles. The number of hydrogen-bond acceptors (Lipinski definition) is 12. The molecule has 0 saturated carbocycles. The molecule has 30 heavy (non-hydrogen) atoms. The van der Waals surface area contributed by atoms with Crippen molar-refractivity contribution in [3.8, 4) is 0 Å². The maximum atomic E-state index is 12.1. The number of thioether (sulfide) groups is 4. The Morgan fingerprint density at radius 3 is 1.53 bits per heavy atom. The number of benzene rings is 1. The highest BCUT2D eigenvalue weighted by molar-refractivity contribution is 8.02. The van der Waals surface area contributed by atoms with Gasteiger partial charge in [0, 0.05) is 11.4 Å². The molecular weight excluding hydrogens is 501 g/mol. The van der Waals surface area contributed by atoms with Crippen molar-refractivity contribution in [2.24, 2.45) is 0 Å². The fraction of sp³-hybridized carbons (Fsp3) is 0.250.